The van der Waals surface area contributed by atoms with Crippen molar-refractivity contribution in [3.8, 4) is 0 Å². The van der Waals surface area contributed by atoms with Crippen LogP contribution in [0.1, 0.15) is 30.5 Å². The third-order valence-corrected chi connectivity index (χ3v) is 5.41. The molecule has 0 radical (unpaired) electrons. The Hall–Kier alpha value is -2.48. The van der Waals surface area contributed by atoms with Crippen LogP contribution in [0.15, 0.2) is 47.5 Å². The molecular weight excluding hydrogens is 396 g/mol. The summed E-state index contributed by atoms with van der Waals surface area (Å²) in [5.74, 6) is -0.377. The molecule has 0 aliphatic heterocycles. The topological polar surface area (TPSA) is 70.6 Å². The molecule has 5 nitrogen and oxygen atoms in total. The Morgan fingerprint density at radius 2 is 1.62 bits per heavy atom. The molecular formula is C21H27F2N3O2S. The van der Waals surface area contributed by atoms with Gasteiger partial charge in [0.2, 0.25) is 0 Å². The highest BCUT2D eigenvalue weighted by Crippen LogP contribution is 2.22. The molecule has 2 aromatic carbocycles. The van der Waals surface area contributed by atoms with Gasteiger partial charge in [-0.3, -0.25) is 4.99 Å². The van der Waals surface area contributed by atoms with Crippen LogP contribution < -0.4 is 10.6 Å². The molecule has 0 aromatic heterocycles. The maximum Gasteiger partial charge on any atom is 0.191 e. The van der Waals surface area contributed by atoms with Crippen LogP contribution in [0.4, 0.5) is 8.78 Å². The normalized spacial score (nSPS) is 12.7. The summed E-state index contributed by atoms with van der Waals surface area (Å²) in [5, 5.41) is 6.30. The highest BCUT2D eigenvalue weighted by molar-refractivity contribution is 7.89. The molecule has 0 atom stereocenters. The zero-order valence-electron chi connectivity index (χ0n) is 17.1. The largest absolute Gasteiger partial charge is 0.356 e. The van der Waals surface area contributed by atoms with Gasteiger partial charge in [-0.15, -0.1) is 0 Å². The molecule has 8 heteroatoms. The van der Waals surface area contributed by atoms with Crippen LogP contribution in [0.5, 0.6) is 0 Å². The van der Waals surface area contributed by atoms with Crippen LogP contribution in [0.25, 0.3) is 0 Å². The molecule has 0 bridgehead atoms. The Bertz CT molecular complexity index is 972. The van der Waals surface area contributed by atoms with E-state index < -0.39 is 15.7 Å². The van der Waals surface area contributed by atoms with Gasteiger partial charge in [-0.2, -0.15) is 0 Å². The van der Waals surface area contributed by atoms with E-state index in [1.165, 1.54) is 30.3 Å². The lowest BCUT2D eigenvalue weighted by Crippen LogP contribution is -2.43. The molecule has 158 valence electrons. The average Bonchev–Trinajstić information content (AvgIpc) is 2.63. The number of aliphatic imine (C=N–C) groups is 1. The Morgan fingerprint density at radius 3 is 2.21 bits per heavy atom. The van der Waals surface area contributed by atoms with Crippen molar-refractivity contribution in [2.24, 2.45) is 4.99 Å². The van der Waals surface area contributed by atoms with Gasteiger partial charge in [-0.25, -0.2) is 17.2 Å². The zero-order valence-corrected chi connectivity index (χ0v) is 17.9. The van der Waals surface area contributed by atoms with E-state index in [2.05, 4.69) is 15.6 Å². The second kappa shape index (κ2) is 9.35. The fourth-order valence-electron chi connectivity index (χ4n) is 2.89. The Balaban J connectivity index is 2.04. The van der Waals surface area contributed by atoms with Crippen molar-refractivity contribution in [3.63, 3.8) is 0 Å². The average molecular weight is 424 g/mol. The summed E-state index contributed by atoms with van der Waals surface area (Å²) in [6.45, 7) is 4.80. The van der Waals surface area contributed by atoms with Gasteiger partial charge in [0.25, 0.3) is 0 Å². The first-order chi connectivity index (χ1) is 13.5. The number of hydrogen-bond donors (Lipinski definition) is 2. The van der Waals surface area contributed by atoms with Crippen molar-refractivity contribution in [2.45, 2.75) is 31.6 Å². The number of nitrogens with one attached hydrogen (secondary N) is 2. The summed E-state index contributed by atoms with van der Waals surface area (Å²) < 4.78 is 50.1. The predicted molar refractivity (Wildman–Crippen MR) is 113 cm³/mol. The van der Waals surface area contributed by atoms with Crippen molar-refractivity contribution in [3.05, 3.63) is 70.8 Å². The fourth-order valence-corrected chi connectivity index (χ4v) is 3.74. The van der Waals surface area contributed by atoms with Gasteiger partial charge in [0.1, 0.15) is 11.6 Å². The van der Waals surface area contributed by atoms with Crippen LogP contribution in [0, 0.1) is 11.6 Å². The van der Waals surface area contributed by atoms with E-state index in [1.807, 2.05) is 13.8 Å². The summed E-state index contributed by atoms with van der Waals surface area (Å²) in [7, 11) is -1.63. The number of halogens is 2. The summed E-state index contributed by atoms with van der Waals surface area (Å²) in [4.78, 5) is 4.16. The SMILES string of the molecule is CN=C(NCc1cc(F)ccc1CS(C)(=O)=O)NCC(C)(C)c1ccc(F)cc1. The van der Waals surface area contributed by atoms with E-state index in [9.17, 15) is 17.2 Å². The second-order valence-electron chi connectivity index (χ2n) is 7.65. The third-order valence-electron chi connectivity index (χ3n) is 4.58. The van der Waals surface area contributed by atoms with Crippen molar-refractivity contribution in [2.75, 3.05) is 19.8 Å². The molecule has 0 aliphatic carbocycles. The number of benzene rings is 2. The quantitative estimate of drug-likeness (QED) is 0.530. The maximum atomic E-state index is 13.7. The van der Waals surface area contributed by atoms with E-state index in [0.29, 0.717) is 23.6 Å². The van der Waals surface area contributed by atoms with Crippen LogP contribution in [0.2, 0.25) is 0 Å². The lowest BCUT2D eigenvalue weighted by molar-refractivity contribution is 0.506. The highest BCUT2D eigenvalue weighted by atomic mass is 32.2. The molecule has 2 N–H and O–H groups in total. The van der Waals surface area contributed by atoms with Crippen molar-refractivity contribution < 1.29 is 17.2 Å². The number of hydrogen-bond acceptors (Lipinski definition) is 3. The smallest absolute Gasteiger partial charge is 0.191 e. The molecule has 0 fully saturated rings. The molecule has 0 spiro atoms. The van der Waals surface area contributed by atoms with Gasteiger partial charge in [0.05, 0.1) is 5.75 Å². The van der Waals surface area contributed by atoms with Gasteiger partial charge in [0, 0.05) is 31.8 Å². The first-order valence-corrected chi connectivity index (χ1v) is 11.2. The Morgan fingerprint density at radius 1 is 1.00 bits per heavy atom. The van der Waals surface area contributed by atoms with E-state index in [1.54, 1.807) is 19.2 Å². The molecule has 0 heterocycles. The van der Waals surface area contributed by atoms with Gasteiger partial charge in [0.15, 0.2) is 15.8 Å². The molecule has 0 amide bonds. The first kappa shape index (κ1) is 22.8. The Labute approximate surface area is 171 Å². The van der Waals surface area contributed by atoms with Crippen LogP contribution in [0.3, 0.4) is 0 Å². The molecule has 0 saturated carbocycles. The van der Waals surface area contributed by atoms with Gasteiger partial charge in [-0.1, -0.05) is 32.0 Å². The van der Waals surface area contributed by atoms with Crippen LogP contribution in [-0.4, -0.2) is 34.2 Å². The van der Waals surface area contributed by atoms with E-state index >= 15 is 0 Å². The minimum atomic E-state index is -3.24. The van der Waals surface area contributed by atoms with E-state index in [0.717, 1.165) is 11.8 Å². The Kier molecular flexibility index (Phi) is 7.35. The van der Waals surface area contributed by atoms with Crippen LogP contribution >= 0.6 is 0 Å². The van der Waals surface area contributed by atoms with Crippen molar-refractivity contribution >= 4 is 15.8 Å². The molecule has 29 heavy (non-hydrogen) atoms. The summed E-state index contributed by atoms with van der Waals surface area (Å²) >= 11 is 0. The molecule has 2 rings (SSSR count). The van der Waals surface area contributed by atoms with Crippen molar-refractivity contribution in [1.82, 2.24) is 10.6 Å². The molecule has 0 saturated heterocycles. The first-order valence-electron chi connectivity index (χ1n) is 9.16. The fraction of sp³-hybridized carbons (Fsp3) is 0.381. The minimum Gasteiger partial charge on any atom is -0.356 e. The monoisotopic (exact) mass is 423 g/mol. The van der Waals surface area contributed by atoms with Crippen LogP contribution in [-0.2, 0) is 27.5 Å². The lowest BCUT2D eigenvalue weighted by Gasteiger charge is -2.27. The second-order valence-corrected chi connectivity index (χ2v) is 9.79. The van der Waals surface area contributed by atoms with E-state index in [4.69, 9.17) is 0 Å². The van der Waals surface area contributed by atoms with Gasteiger partial charge < -0.3 is 10.6 Å². The number of rotatable bonds is 7. The summed E-state index contributed by atoms with van der Waals surface area (Å²) in [6, 6.07) is 10.4. The van der Waals surface area contributed by atoms with Gasteiger partial charge in [-0.05, 0) is 41.0 Å². The third kappa shape index (κ3) is 7.12. The zero-order chi connectivity index (χ0) is 21.7. The molecule has 2 aromatic rings. The lowest BCUT2D eigenvalue weighted by atomic mass is 9.84. The molecule has 0 aliphatic rings. The maximum absolute atomic E-state index is 13.7. The summed E-state index contributed by atoms with van der Waals surface area (Å²) in [6.07, 6.45) is 1.14. The van der Waals surface area contributed by atoms with Crippen molar-refractivity contribution in [1.29, 1.82) is 0 Å². The number of nitrogens with zero attached hydrogens (tertiary/aromatic N) is 1. The standard InChI is InChI=1S/C21H27F2N3O2S/c1-21(2,17-6-9-18(22)10-7-17)14-26-20(24-3)25-12-16-11-19(23)8-5-15(16)13-29(4,27)28/h5-11H,12-14H2,1-4H3,(H2,24,25,26). The summed E-state index contributed by atoms with van der Waals surface area (Å²) in [5.41, 5.74) is 1.79. The van der Waals surface area contributed by atoms with Gasteiger partial charge >= 0.3 is 0 Å². The predicted octanol–water partition coefficient (Wildman–Crippen LogP) is 3.15. The van der Waals surface area contributed by atoms with E-state index in [-0.39, 0.29) is 23.5 Å². The number of guanidine groups is 1. The number of sulfone groups is 1. The molecule has 0 unspecified atom stereocenters. The highest BCUT2D eigenvalue weighted by Gasteiger charge is 2.21. The minimum absolute atomic E-state index is 0.159.